The van der Waals surface area contributed by atoms with Crippen LogP contribution in [0.2, 0.25) is 0 Å². The average Bonchev–Trinajstić information content (AvgIpc) is 2.27. The van der Waals surface area contributed by atoms with Gasteiger partial charge in [-0.2, -0.15) is 0 Å². The van der Waals surface area contributed by atoms with Gasteiger partial charge in [-0.05, 0) is 44.9 Å². The number of esters is 1. The fourth-order valence-corrected chi connectivity index (χ4v) is 2.05. The van der Waals surface area contributed by atoms with Gasteiger partial charge in [-0.25, -0.2) is 4.79 Å². The molecule has 0 saturated heterocycles. The summed E-state index contributed by atoms with van der Waals surface area (Å²) >= 11 is 3.40. The molecule has 0 saturated carbocycles. The number of carbonyl (C=O) groups excluding carboxylic acids is 1. The lowest BCUT2D eigenvalue weighted by Crippen LogP contribution is -2.40. The fraction of sp³-hybridized carbons (Fsp3) is 0.533. The number of benzene rings is 1. The topological polar surface area (TPSA) is 64.3 Å². The van der Waals surface area contributed by atoms with Crippen LogP contribution in [0.25, 0.3) is 0 Å². The number of hydrogen-bond acceptors (Lipinski definition) is 4. The second kappa shape index (κ2) is 6.48. The van der Waals surface area contributed by atoms with Gasteiger partial charge in [0.2, 0.25) is 0 Å². The normalized spacial score (nSPS) is 13.2. The molecule has 0 aliphatic carbocycles. The monoisotopic (exact) mass is 342 g/mol. The summed E-state index contributed by atoms with van der Waals surface area (Å²) < 4.78 is 6.35. The molecule has 0 aliphatic heterocycles. The van der Waals surface area contributed by atoms with Gasteiger partial charge in [0.25, 0.3) is 0 Å². The summed E-state index contributed by atoms with van der Waals surface area (Å²) in [5.74, 6) is -0.185. The van der Waals surface area contributed by atoms with E-state index in [-0.39, 0.29) is 11.9 Å². The number of carbonyl (C=O) groups is 1. The highest BCUT2D eigenvalue weighted by Gasteiger charge is 2.28. The van der Waals surface area contributed by atoms with Crippen molar-refractivity contribution in [2.75, 3.05) is 11.1 Å². The van der Waals surface area contributed by atoms with Crippen LogP contribution in [0.3, 0.4) is 0 Å². The highest BCUT2D eigenvalue weighted by Crippen LogP contribution is 2.26. The maximum Gasteiger partial charge on any atom is 0.329 e. The summed E-state index contributed by atoms with van der Waals surface area (Å²) in [6, 6.07) is 5.07. The van der Waals surface area contributed by atoms with Crippen molar-refractivity contribution in [2.45, 2.75) is 46.3 Å². The number of anilines is 2. The van der Waals surface area contributed by atoms with Gasteiger partial charge in [-0.15, -0.1) is 0 Å². The molecule has 0 heterocycles. The van der Waals surface area contributed by atoms with E-state index in [1.54, 1.807) is 6.07 Å². The number of nitrogens with one attached hydrogen (secondary N) is 1. The predicted octanol–water partition coefficient (Wildman–Crippen LogP) is 3.81. The van der Waals surface area contributed by atoms with E-state index in [1.165, 1.54) is 0 Å². The van der Waals surface area contributed by atoms with Gasteiger partial charge in [-0.3, -0.25) is 0 Å². The third kappa shape index (κ3) is 5.04. The molecule has 1 rings (SSSR count). The lowest BCUT2D eigenvalue weighted by molar-refractivity contribution is -0.156. The van der Waals surface area contributed by atoms with Gasteiger partial charge in [0, 0.05) is 4.47 Å². The molecular weight excluding hydrogens is 320 g/mol. The number of hydrogen-bond donors (Lipinski definition) is 2. The van der Waals surface area contributed by atoms with Gasteiger partial charge in [0.1, 0.15) is 11.6 Å². The molecule has 0 aliphatic rings. The van der Waals surface area contributed by atoms with E-state index < -0.39 is 11.6 Å². The molecular formula is C15H23BrN2O2. The van der Waals surface area contributed by atoms with Crippen molar-refractivity contribution in [1.29, 1.82) is 0 Å². The van der Waals surface area contributed by atoms with Crippen LogP contribution in [0.1, 0.15) is 34.6 Å². The summed E-state index contributed by atoms with van der Waals surface area (Å²) in [5.41, 5.74) is 6.75. The SMILES string of the molecule is CC(C)[C@@H](Nc1cc(Br)ccc1N)C(=O)OC(C)(C)C. The molecule has 4 nitrogen and oxygen atoms in total. The Bertz CT molecular complexity index is 481. The maximum absolute atomic E-state index is 12.3. The van der Waals surface area contributed by atoms with E-state index in [2.05, 4.69) is 21.2 Å². The number of nitrogen functional groups attached to an aromatic ring is 1. The highest BCUT2D eigenvalue weighted by atomic mass is 79.9. The summed E-state index contributed by atoms with van der Waals surface area (Å²) in [4.78, 5) is 12.3. The molecule has 5 heteroatoms. The van der Waals surface area contributed by atoms with Crippen LogP contribution in [0.15, 0.2) is 22.7 Å². The highest BCUT2D eigenvalue weighted by molar-refractivity contribution is 9.10. The Morgan fingerprint density at radius 3 is 2.45 bits per heavy atom. The smallest absolute Gasteiger partial charge is 0.329 e. The number of ether oxygens (including phenoxy) is 1. The van der Waals surface area contributed by atoms with Gasteiger partial charge in [0.15, 0.2) is 0 Å². The fourth-order valence-electron chi connectivity index (χ4n) is 1.68. The standard InChI is InChI=1S/C15H23BrN2O2/c1-9(2)13(14(19)20-15(3,4)5)18-12-8-10(16)6-7-11(12)17/h6-9,13,18H,17H2,1-5H3/t13-/m1/s1. The number of halogens is 1. The summed E-state index contributed by atoms with van der Waals surface area (Å²) in [6.07, 6.45) is 0. The van der Waals surface area contributed by atoms with Crippen LogP contribution in [0.4, 0.5) is 11.4 Å². The summed E-state index contributed by atoms with van der Waals surface area (Å²) in [5, 5.41) is 3.18. The quantitative estimate of drug-likeness (QED) is 0.645. The molecule has 112 valence electrons. The first-order valence-corrected chi connectivity index (χ1v) is 7.44. The Balaban J connectivity index is 2.93. The van der Waals surface area contributed by atoms with Crippen LogP contribution < -0.4 is 11.1 Å². The van der Waals surface area contributed by atoms with Crippen molar-refractivity contribution in [3.8, 4) is 0 Å². The second-order valence-corrected chi connectivity index (χ2v) is 7.05. The minimum atomic E-state index is -0.505. The molecule has 1 aromatic carbocycles. The van der Waals surface area contributed by atoms with Crippen LogP contribution in [-0.2, 0) is 9.53 Å². The lowest BCUT2D eigenvalue weighted by atomic mass is 10.0. The zero-order valence-corrected chi connectivity index (χ0v) is 14.2. The Morgan fingerprint density at radius 2 is 1.95 bits per heavy atom. The molecule has 0 unspecified atom stereocenters. The number of rotatable bonds is 4. The van der Waals surface area contributed by atoms with E-state index >= 15 is 0 Å². The molecule has 0 radical (unpaired) electrons. The zero-order valence-electron chi connectivity index (χ0n) is 12.7. The summed E-state index contributed by atoms with van der Waals surface area (Å²) in [6.45, 7) is 9.51. The van der Waals surface area contributed by atoms with Crippen LogP contribution in [-0.4, -0.2) is 17.6 Å². The van der Waals surface area contributed by atoms with Gasteiger partial charge in [-0.1, -0.05) is 29.8 Å². The first kappa shape index (κ1) is 16.8. The Labute approximate surface area is 129 Å². The second-order valence-electron chi connectivity index (χ2n) is 6.13. The Hall–Kier alpha value is -1.23. The van der Waals surface area contributed by atoms with Crippen molar-refractivity contribution in [3.05, 3.63) is 22.7 Å². The van der Waals surface area contributed by atoms with Crippen LogP contribution in [0.5, 0.6) is 0 Å². The molecule has 1 atom stereocenters. The van der Waals surface area contributed by atoms with Crippen molar-refractivity contribution in [3.63, 3.8) is 0 Å². The predicted molar refractivity (Wildman–Crippen MR) is 86.6 cm³/mol. The van der Waals surface area contributed by atoms with E-state index in [0.717, 1.165) is 10.2 Å². The van der Waals surface area contributed by atoms with Gasteiger partial charge in [0.05, 0.1) is 11.4 Å². The Morgan fingerprint density at radius 1 is 1.35 bits per heavy atom. The molecule has 0 fully saturated rings. The third-order valence-corrected chi connectivity index (χ3v) is 3.15. The zero-order chi connectivity index (χ0) is 15.5. The molecule has 0 spiro atoms. The third-order valence-electron chi connectivity index (χ3n) is 2.65. The van der Waals surface area contributed by atoms with Crippen molar-refractivity contribution >= 4 is 33.3 Å². The summed E-state index contributed by atoms with van der Waals surface area (Å²) in [7, 11) is 0. The molecule has 20 heavy (non-hydrogen) atoms. The largest absolute Gasteiger partial charge is 0.458 e. The van der Waals surface area contributed by atoms with Gasteiger partial charge < -0.3 is 15.8 Å². The van der Waals surface area contributed by atoms with Crippen molar-refractivity contribution < 1.29 is 9.53 Å². The van der Waals surface area contributed by atoms with Gasteiger partial charge >= 0.3 is 5.97 Å². The Kier molecular flexibility index (Phi) is 5.45. The van der Waals surface area contributed by atoms with Crippen molar-refractivity contribution in [2.24, 2.45) is 5.92 Å². The van der Waals surface area contributed by atoms with Crippen LogP contribution in [0, 0.1) is 5.92 Å². The van der Waals surface area contributed by atoms with E-state index in [0.29, 0.717) is 5.69 Å². The minimum absolute atomic E-state index is 0.0863. The minimum Gasteiger partial charge on any atom is -0.458 e. The molecule has 0 bridgehead atoms. The van der Waals surface area contributed by atoms with Crippen LogP contribution >= 0.6 is 15.9 Å². The molecule has 1 aromatic rings. The first-order valence-electron chi connectivity index (χ1n) is 6.64. The average molecular weight is 343 g/mol. The first-order chi connectivity index (χ1) is 9.10. The maximum atomic E-state index is 12.3. The number of nitrogens with two attached hydrogens (primary N) is 1. The van der Waals surface area contributed by atoms with E-state index in [4.69, 9.17) is 10.5 Å². The molecule has 0 amide bonds. The van der Waals surface area contributed by atoms with E-state index in [9.17, 15) is 4.79 Å². The van der Waals surface area contributed by atoms with Crippen molar-refractivity contribution in [1.82, 2.24) is 0 Å². The lowest BCUT2D eigenvalue weighted by Gasteiger charge is -2.27. The van der Waals surface area contributed by atoms with E-state index in [1.807, 2.05) is 46.8 Å². The molecule has 3 N–H and O–H groups in total. The molecule has 0 aromatic heterocycles.